The van der Waals surface area contributed by atoms with E-state index in [1.54, 1.807) is 37.4 Å². The fourth-order valence-electron chi connectivity index (χ4n) is 3.06. The van der Waals surface area contributed by atoms with Crippen LogP contribution in [0.4, 0.5) is 20.2 Å². The Balaban J connectivity index is 1.78. The summed E-state index contributed by atoms with van der Waals surface area (Å²) in [5.41, 5.74) is 2.50. The average molecular weight is 401 g/mol. The van der Waals surface area contributed by atoms with Gasteiger partial charge in [0.15, 0.2) is 0 Å². The van der Waals surface area contributed by atoms with Gasteiger partial charge in [0.1, 0.15) is 11.4 Å². The van der Waals surface area contributed by atoms with Crippen molar-refractivity contribution in [1.29, 1.82) is 0 Å². The summed E-state index contributed by atoms with van der Waals surface area (Å²) < 4.78 is 26.5. The van der Waals surface area contributed by atoms with Gasteiger partial charge >= 0.3 is 0 Å². The number of rotatable bonds is 4. The summed E-state index contributed by atoms with van der Waals surface area (Å²) >= 11 is 6.07. The van der Waals surface area contributed by atoms with Crippen LogP contribution in [0.5, 0.6) is 0 Å². The molecule has 0 aliphatic heterocycles. The Bertz CT molecular complexity index is 1210. The summed E-state index contributed by atoms with van der Waals surface area (Å²) in [4.78, 5) is 18.8. The molecule has 28 heavy (non-hydrogen) atoms. The van der Waals surface area contributed by atoms with Gasteiger partial charge in [0.2, 0.25) is 0 Å². The van der Waals surface area contributed by atoms with Gasteiger partial charge in [-0.1, -0.05) is 11.6 Å². The molecule has 0 unspecified atom stereocenters. The summed E-state index contributed by atoms with van der Waals surface area (Å²) in [6.45, 7) is 0. The Morgan fingerprint density at radius 3 is 2.71 bits per heavy atom. The minimum Gasteiger partial charge on any atom is -0.355 e. The highest BCUT2D eigenvalue weighted by molar-refractivity contribution is 6.31. The highest BCUT2D eigenvalue weighted by atomic mass is 35.5. The highest BCUT2D eigenvalue weighted by Crippen LogP contribution is 2.32. The van der Waals surface area contributed by atoms with Crippen LogP contribution < -0.4 is 10.6 Å². The van der Waals surface area contributed by atoms with Gasteiger partial charge in [0.05, 0.1) is 11.2 Å². The Morgan fingerprint density at radius 1 is 1.14 bits per heavy atom. The van der Waals surface area contributed by atoms with Crippen molar-refractivity contribution in [3.05, 3.63) is 64.9 Å². The van der Waals surface area contributed by atoms with E-state index in [0.29, 0.717) is 33.0 Å². The Hall–Kier alpha value is -3.19. The topological polar surface area (TPSA) is 69.8 Å². The molecule has 0 spiro atoms. The lowest BCUT2D eigenvalue weighted by Gasteiger charge is -2.12. The number of alkyl halides is 2. The molecule has 5 nitrogen and oxygen atoms in total. The monoisotopic (exact) mass is 400 g/mol. The van der Waals surface area contributed by atoms with Crippen LogP contribution in [0.15, 0.2) is 48.5 Å². The lowest BCUT2D eigenvalue weighted by atomic mass is 10.1. The van der Waals surface area contributed by atoms with E-state index in [1.165, 1.54) is 6.07 Å². The molecular formula is C20H15ClF2N4O. The van der Waals surface area contributed by atoms with Gasteiger partial charge in [-0.2, -0.15) is 0 Å². The maximum atomic E-state index is 13.3. The SMILES string of the molecule is CNC(=O)c1cc2cc(Nc3cc(C(F)F)nc4ccc(Cl)cc34)ccc2[nH]1. The molecule has 3 N–H and O–H groups in total. The standard InChI is InChI=1S/C20H15ClF2N4O/c1-24-20(28)18-7-10-6-12(3-5-14(10)26-18)25-16-9-17(19(22)23)27-15-4-2-11(21)8-13(15)16/h2-9,19,26H,1H3,(H,24,28)(H,25,27). The Morgan fingerprint density at radius 2 is 1.96 bits per heavy atom. The molecule has 2 aromatic carbocycles. The van der Waals surface area contributed by atoms with E-state index in [0.717, 1.165) is 10.9 Å². The Kier molecular flexibility index (Phi) is 4.60. The third-order valence-electron chi connectivity index (χ3n) is 4.39. The average Bonchev–Trinajstić information content (AvgIpc) is 3.10. The first-order chi connectivity index (χ1) is 13.4. The fourth-order valence-corrected chi connectivity index (χ4v) is 3.23. The predicted molar refractivity (Wildman–Crippen MR) is 107 cm³/mol. The molecule has 0 bridgehead atoms. The van der Waals surface area contributed by atoms with Gasteiger partial charge < -0.3 is 15.6 Å². The maximum Gasteiger partial charge on any atom is 0.280 e. The summed E-state index contributed by atoms with van der Waals surface area (Å²) in [6, 6.07) is 13.4. The number of hydrogen-bond acceptors (Lipinski definition) is 3. The second-order valence-corrected chi connectivity index (χ2v) is 6.68. The first-order valence-corrected chi connectivity index (χ1v) is 8.82. The van der Waals surface area contributed by atoms with Gasteiger partial charge in [0.25, 0.3) is 12.3 Å². The third kappa shape index (κ3) is 3.36. The molecule has 0 atom stereocenters. The molecule has 2 heterocycles. The van der Waals surface area contributed by atoms with Crippen LogP contribution >= 0.6 is 11.6 Å². The molecule has 4 aromatic rings. The van der Waals surface area contributed by atoms with Crippen molar-refractivity contribution in [2.24, 2.45) is 0 Å². The highest BCUT2D eigenvalue weighted by Gasteiger charge is 2.14. The summed E-state index contributed by atoms with van der Waals surface area (Å²) in [5.74, 6) is -0.220. The number of hydrogen-bond donors (Lipinski definition) is 3. The number of halogens is 3. The van der Waals surface area contributed by atoms with Crippen molar-refractivity contribution >= 4 is 50.7 Å². The first kappa shape index (κ1) is 18.2. The molecule has 142 valence electrons. The number of anilines is 2. The Labute approximate surface area is 163 Å². The van der Waals surface area contributed by atoms with Crippen molar-refractivity contribution in [2.75, 3.05) is 12.4 Å². The number of aromatic amines is 1. The minimum atomic E-state index is -2.69. The number of nitrogens with one attached hydrogen (secondary N) is 3. The minimum absolute atomic E-state index is 0.220. The van der Waals surface area contributed by atoms with Gasteiger partial charge in [-0.05, 0) is 48.5 Å². The van der Waals surface area contributed by atoms with Crippen molar-refractivity contribution in [3.63, 3.8) is 0 Å². The zero-order valence-electron chi connectivity index (χ0n) is 14.7. The molecule has 0 saturated carbocycles. The number of H-pyrrole nitrogens is 1. The zero-order chi connectivity index (χ0) is 19.8. The first-order valence-electron chi connectivity index (χ1n) is 8.45. The summed E-state index contributed by atoms with van der Waals surface area (Å²) in [7, 11) is 1.56. The predicted octanol–water partition coefficient (Wildman–Crippen LogP) is 5.41. The molecule has 0 fully saturated rings. The number of carbonyl (C=O) groups excluding carboxylic acids is 1. The molecule has 8 heteroatoms. The van der Waals surface area contributed by atoms with Gasteiger partial charge in [0, 0.05) is 34.0 Å². The van der Waals surface area contributed by atoms with Gasteiger partial charge in [-0.25, -0.2) is 13.8 Å². The molecular weight excluding hydrogens is 386 g/mol. The van der Waals surface area contributed by atoms with Crippen LogP contribution in [0, 0.1) is 0 Å². The quantitative estimate of drug-likeness (QED) is 0.429. The van der Waals surface area contributed by atoms with Crippen LogP contribution in [0.3, 0.4) is 0 Å². The van der Waals surface area contributed by atoms with Crippen LogP contribution in [-0.2, 0) is 0 Å². The largest absolute Gasteiger partial charge is 0.355 e. The van der Waals surface area contributed by atoms with Crippen LogP contribution in [0.25, 0.3) is 21.8 Å². The fraction of sp³-hybridized carbons (Fsp3) is 0.100. The molecule has 4 rings (SSSR count). The molecule has 0 saturated heterocycles. The number of benzene rings is 2. The van der Waals surface area contributed by atoms with Crippen molar-refractivity contribution < 1.29 is 13.6 Å². The van der Waals surface area contributed by atoms with Crippen molar-refractivity contribution in [3.8, 4) is 0 Å². The number of fused-ring (bicyclic) bond motifs is 2. The number of nitrogens with zero attached hydrogens (tertiary/aromatic N) is 1. The van der Waals surface area contributed by atoms with Crippen LogP contribution in [-0.4, -0.2) is 22.9 Å². The van der Waals surface area contributed by atoms with E-state index in [2.05, 4.69) is 20.6 Å². The second-order valence-electron chi connectivity index (χ2n) is 6.25. The van der Waals surface area contributed by atoms with Crippen molar-refractivity contribution in [1.82, 2.24) is 15.3 Å². The van der Waals surface area contributed by atoms with Gasteiger partial charge in [-0.3, -0.25) is 4.79 Å². The summed E-state index contributed by atoms with van der Waals surface area (Å²) in [5, 5.41) is 7.67. The van der Waals surface area contributed by atoms with Crippen molar-refractivity contribution in [2.45, 2.75) is 6.43 Å². The normalized spacial score (nSPS) is 11.3. The zero-order valence-corrected chi connectivity index (χ0v) is 15.4. The number of carbonyl (C=O) groups is 1. The summed E-state index contributed by atoms with van der Waals surface area (Å²) in [6.07, 6.45) is -2.69. The van der Waals surface area contributed by atoms with E-state index < -0.39 is 6.43 Å². The van der Waals surface area contributed by atoms with E-state index in [-0.39, 0.29) is 11.6 Å². The van der Waals surface area contributed by atoms with Crippen LogP contribution in [0.2, 0.25) is 5.02 Å². The number of aromatic nitrogens is 2. The van der Waals surface area contributed by atoms with E-state index in [4.69, 9.17) is 11.6 Å². The molecule has 1 amide bonds. The molecule has 0 radical (unpaired) electrons. The van der Waals surface area contributed by atoms with E-state index >= 15 is 0 Å². The number of amides is 1. The number of pyridine rings is 1. The van der Waals surface area contributed by atoms with E-state index in [9.17, 15) is 13.6 Å². The van der Waals surface area contributed by atoms with Crippen LogP contribution in [0.1, 0.15) is 22.6 Å². The molecule has 0 aliphatic carbocycles. The molecule has 2 aromatic heterocycles. The lowest BCUT2D eigenvalue weighted by molar-refractivity contribution is 0.0959. The molecule has 0 aliphatic rings. The van der Waals surface area contributed by atoms with E-state index in [1.807, 2.05) is 12.1 Å². The second kappa shape index (κ2) is 7.09. The maximum absolute atomic E-state index is 13.3. The van der Waals surface area contributed by atoms with Gasteiger partial charge in [-0.15, -0.1) is 0 Å². The smallest absolute Gasteiger partial charge is 0.280 e. The third-order valence-corrected chi connectivity index (χ3v) is 4.62. The lowest BCUT2D eigenvalue weighted by Crippen LogP contribution is -2.17.